The van der Waals surface area contributed by atoms with Gasteiger partial charge in [-0.05, 0) is 6.92 Å². The summed E-state index contributed by atoms with van der Waals surface area (Å²) >= 11 is 0. The van der Waals surface area contributed by atoms with Crippen LogP contribution in [0.3, 0.4) is 0 Å². The van der Waals surface area contributed by atoms with E-state index in [-0.39, 0.29) is 18.0 Å². The number of rotatable bonds is 2. The van der Waals surface area contributed by atoms with Crippen molar-refractivity contribution in [2.45, 2.75) is 26.9 Å². The van der Waals surface area contributed by atoms with Crippen molar-refractivity contribution >= 4 is 5.91 Å². The van der Waals surface area contributed by atoms with Crippen LogP contribution in [0.15, 0.2) is 0 Å². The number of carbonyl (C=O) groups is 1. The first-order valence-electron chi connectivity index (χ1n) is 3.10. The summed E-state index contributed by atoms with van der Waals surface area (Å²) < 4.78 is 0. The molecule has 0 saturated heterocycles. The first-order valence-corrected chi connectivity index (χ1v) is 3.10. The molecule has 0 fully saturated rings. The molecular formula is C6H14N2O. The maximum atomic E-state index is 10.8. The fourth-order valence-electron chi connectivity index (χ4n) is 0.391. The van der Waals surface area contributed by atoms with Crippen LogP contribution in [-0.4, -0.2) is 12.1 Å². The van der Waals surface area contributed by atoms with Crippen LogP contribution in [0.5, 0.6) is 0 Å². The molecule has 0 saturated carbocycles. The minimum atomic E-state index is -0.236. The molecule has 1 atom stereocenters. The summed E-state index contributed by atoms with van der Waals surface area (Å²) in [6.45, 7) is 5.40. The Kier molecular flexibility index (Phi) is 3.24. The van der Waals surface area contributed by atoms with Gasteiger partial charge in [0.1, 0.15) is 0 Å². The lowest BCUT2D eigenvalue weighted by atomic mass is 10.2. The van der Waals surface area contributed by atoms with Gasteiger partial charge in [-0.1, -0.05) is 13.8 Å². The summed E-state index contributed by atoms with van der Waals surface area (Å²) in [5, 5.41) is 2.58. The molecule has 0 heterocycles. The number of carbonyl (C=O) groups excluding carboxylic acids is 1. The summed E-state index contributed by atoms with van der Waals surface area (Å²) in [5.41, 5.74) is 5.30. The van der Waals surface area contributed by atoms with E-state index in [4.69, 9.17) is 5.73 Å². The van der Waals surface area contributed by atoms with Crippen molar-refractivity contribution < 1.29 is 4.79 Å². The van der Waals surface area contributed by atoms with Crippen LogP contribution in [0.2, 0.25) is 0 Å². The largest absolute Gasteiger partial charge is 0.341 e. The third-order valence-corrected chi connectivity index (χ3v) is 0.894. The molecule has 9 heavy (non-hydrogen) atoms. The Morgan fingerprint density at radius 2 is 1.89 bits per heavy atom. The molecule has 0 rings (SSSR count). The maximum absolute atomic E-state index is 10.8. The quantitative estimate of drug-likeness (QED) is 0.519. The molecule has 3 heteroatoms. The predicted molar refractivity (Wildman–Crippen MR) is 36.6 cm³/mol. The average molecular weight is 130 g/mol. The van der Waals surface area contributed by atoms with E-state index in [1.807, 2.05) is 13.8 Å². The summed E-state index contributed by atoms with van der Waals surface area (Å²) in [6, 6.07) is 0. The molecule has 0 aliphatic carbocycles. The van der Waals surface area contributed by atoms with Gasteiger partial charge in [-0.3, -0.25) is 4.79 Å². The molecule has 0 bridgehead atoms. The molecule has 3 N–H and O–H groups in total. The van der Waals surface area contributed by atoms with Gasteiger partial charge in [0.15, 0.2) is 0 Å². The van der Waals surface area contributed by atoms with Crippen LogP contribution in [0, 0.1) is 5.92 Å². The molecule has 0 aliphatic heterocycles. The molecule has 54 valence electrons. The molecule has 3 nitrogen and oxygen atoms in total. The van der Waals surface area contributed by atoms with Crippen LogP contribution in [0.25, 0.3) is 0 Å². The second-order valence-electron chi connectivity index (χ2n) is 2.45. The molecule has 0 aliphatic rings. The zero-order valence-corrected chi connectivity index (χ0v) is 6.14. The fraction of sp³-hybridized carbons (Fsp3) is 0.833. The number of amides is 1. The van der Waals surface area contributed by atoms with Crippen molar-refractivity contribution in [3.8, 4) is 0 Å². The Morgan fingerprint density at radius 3 is 2.00 bits per heavy atom. The van der Waals surface area contributed by atoms with Crippen LogP contribution >= 0.6 is 0 Å². The van der Waals surface area contributed by atoms with Gasteiger partial charge in [0, 0.05) is 5.92 Å². The minimum absolute atomic E-state index is 0.00463. The summed E-state index contributed by atoms with van der Waals surface area (Å²) in [5.74, 6) is 0.0287. The Hall–Kier alpha value is -0.570. The van der Waals surface area contributed by atoms with Crippen molar-refractivity contribution in [1.29, 1.82) is 0 Å². The van der Waals surface area contributed by atoms with Gasteiger partial charge < -0.3 is 11.1 Å². The molecule has 0 spiro atoms. The SMILES string of the molecule is CC(C)C(=O)N[C@@H](C)N. The van der Waals surface area contributed by atoms with E-state index in [0.29, 0.717) is 0 Å². The predicted octanol–water partition coefficient (Wildman–Crippen LogP) is 0.0633. The van der Waals surface area contributed by atoms with E-state index in [0.717, 1.165) is 0 Å². The van der Waals surface area contributed by atoms with Crippen molar-refractivity contribution in [2.75, 3.05) is 0 Å². The molecular weight excluding hydrogens is 116 g/mol. The first-order chi connectivity index (χ1) is 4.04. The van der Waals surface area contributed by atoms with E-state index < -0.39 is 0 Å². The number of nitrogens with one attached hydrogen (secondary N) is 1. The van der Waals surface area contributed by atoms with Gasteiger partial charge in [0.2, 0.25) is 5.91 Å². The molecule has 0 aromatic rings. The van der Waals surface area contributed by atoms with Gasteiger partial charge >= 0.3 is 0 Å². The topological polar surface area (TPSA) is 55.1 Å². The first kappa shape index (κ1) is 8.43. The van der Waals surface area contributed by atoms with Gasteiger partial charge in [-0.25, -0.2) is 0 Å². The van der Waals surface area contributed by atoms with Gasteiger partial charge in [0.25, 0.3) is 0 Å². The second kappa shape index (κ2) is 3.45. The lowest BCUT2D eigenvalue weighted by molar-refractivity contribution is -0.124. The Labute approximate surface area is 55.6 Å². The lowest BCUT2D eigenvalue weighted by Crippen LogP contribution is -2.40. The maximum Gasteiger partial charge on any atom is 0.223 e. The highest BCUT2D eigenvalue weighted by Crippen LogP contribution is 1.89. The second-order valence-corrected chi connectivity index (χ2v) is 2.45. The van der Waals surface area contributed by atoms with Gasteiger partial charge in [0.05, 0.1) is 6.17 Å². The van der Waals surface area contributed by atoms with Crippen LogP contribution < -0.4 is 11.1 Å². The average Bonchev–Trinajstić information content (AvgIpc) is 1.63. The monoisotopic (exact) mass is 130 g/mol. The normalized spacial score (nSPS) is 13.4. The van der Waals surface area contributed by atoms with Crippen molar-refractivity contribution in [1.82, 2.24) is 5.32 Å². The van der Waals surface area contributed by atoms with Crippen LogP contribution in [0.4, 0.5) is 0 Å². The standard InChI is InChI=1S/C6H14N2O/c1-4(2)6(9)8-5(3)7/h4-5H,7H2,1-3H3,(H,8,9)/t5-/m0/s1. The smallest absolute Gasteiger partial charge is 0.223 e. The highest BCUT2D eigenvalue weighted by atomic mass is 16.1. The zero-order chi connectivity index (χ0) is 7.44. The fourth-order valence-corrected chi connectivity index (χ4v) is 0.391. The van der Waals surface area contributed by atoms with E-state index in [1.54, 1.807) is 6.92 Å². The summed E-state index contributed by atoms with van der Waals surface area (Å²) in [4.78, 5) is 10.8. The van der Waals surface area contributed by atoms with E-state index in [2.05, 4.69) is 5.32 Å². The minimum Gasteiger partial charge on any atom is -0.341 e. The number of hydrogen-bond acceptors (Lipinski definition) is 2. The lowest BCUT2D eigenvalue weighted by Gasteiger charge is -2.09. The van der Waals surface area contributed by atoms with E-state index >= 15 is 0 Å². The van der Waals surface area contributed by atoms with E-state index in [9.17, 15) is 4.79 Å². The molecule has 0 radical (unpaired) electrons. The Balaban J connectivity index is 3.51. The number of hydrogen-bond donors (Lipinski definition) is 2. The highest BCUT2D eigenvalue weighted by molar-refractivity contribution is 5.77. The number of nitrogens with two attached hydrogens (primary N) is 1. The third-order valence-electron chi connectivity index (χ3n) is 0.894. The molecule has 0 unspecified atom stereocenters. The summed E-state index contributed by atoms with van der Waals surface area (Å²) in [7, 11) is 0. The van der Waals surface area contributed by atoms with Crippen molar-refractivity contribution in [3.05, 3.63) is 0 Å². The van der Waals surface area contributed by atoms with Gasteiger partial charge in [-0.2, -0.15) is 0 Å². The van der Waals surface area contributed by atoms with E-state index in [1.165, 1.54) is 0 Å². The summed E-state index contributed by atoms with van der Waals surface area (Å²) in [6.07, 6.45) is -0.236. The van der Waals surface area contributed by atoms with Crippen molar-refractivity contribution in [2.24, 2.45) is 11.7 Å². The zero-order valence-electron chi connectivity index (χ0n) is 6.14. The van der Waals surface area contributed by atoms with Crippen molar-refractivity contribution in [3.63, 3.8) is 0 Å². The molecule has 0 aromatic carbocycles. The van der Waals surface area contributed by atoms with Crippen LogP contribution in [-0.2, 0) is 4.79 Å². The Bertz CT molecular complexity index is 99.2. The molecule has 0 aromatic heterocycles. The highest BCUT2D eigenvalue weighted by Gasteiger charge is 2.06. The molecule has 1 amide bonds. The van der Waals surface area contributed by atoms with Gasteiger partial charge in [-0.15, -0.1) is 0 Å². The third kappa shape index (κ3) is 3.97. The Morgan fingerprint density at radius 1 is 1.44 bits per heavy atom. The van der Waals surface area contributed by atoms with Crippen LogP contribution in [0.1, 0.15) is 20.8 Å².